The molecule has 0 fully saturated rings. The summed E-state index contributed by atoms with van der Waals surface area (Å²) in [5.74, 6) is -0.207. The molecule has 134 valence electrons. The Kier molecular flexibility index (Phi) is 4.57. The molecule has 0 aliphatic carbocycles. The molecule has 0 saturated heterocycles. The Balaban J connectivity index is 1.87. The highest BCUT2D eigenvalue weighted by molar-refractivity contribution is 6.21. The molecule has 2 aromatic carbocycles. The molecular formula is C18H16N2O6. The summed E-state index contributed by atoms with van der Waals surface area (Å²) in [7, 11) is 2.82. The third-order valence-corrected chi connectivity index (χ3v) is 4.26. The summed E-state index contributed by atoms with van der Waals surface area (Å²) >= 11 is 0. The van der Waals surface area contributed by atoms with E-state index in [9.17, 15) is 19.7 Å². The minimum Gasteiger partial charge on any atom is -0.493 e. The van der Waals surface area contributed by atoms with Gasteiger partial charge in [0.2, 0.25) is 0 Å². The molecule has 26 heavy (non-hydrogen) atoms. The molecule has 0 radical (unpaired) electrons. The lowest BCUT2D eigenvalue weighted by atomic mass is 10.1. The van der Waals surface area contributed by atoms with Crippen molar-refractivity contribution in [1.29, 1.82) is 0 Å². The largest absolute Gasteiger partial charge is 0.493 e. The highest BCUT2D eigenvalue weighted by Crippen LogP contribution is 2.35. The molecule has 0 saturated carbocycles. The van der Waals surface area contributed by atoms with Crippen LogP contribution in [0.2, 0.25) is 0 Å². The molecule has 8 heteroatoms. The van der Waals surface area contributed by atoms with Crippen molar-refractivity contribution in [2.45, 2.75) is 6.42 Å². The Morgan fingerprint density at radius 1 is 1.00 bits per heavy atom. The first kappa shape index (κ1) is 17.4. The summed E-state index contributed by atoms with van der Waals surface area (Å²) in [6, 6.07) is 9.33. The van der Waals surface area contributed by atoms with Gasteiger partial charge in [-0.25, -0.2) is 0 Å². The molecule has 0 atom stereocenters. The minimum absolute atomic E-state index is 0.0304. The van der Waals surface area contributed by atoms with Gasteiger partial charge in [-0.1, -0.05) is 12.1 Å². The molecule has 2 amide bonds. The highest BCUT2D eigenvalue weighted by atomic mass is 16.6. The lowest BCUT2D eigenvalue weighted by Gasteiger charge is -2.15. The number of fused-ring (bicyclic) bond motifs is 1. The lowest BCUT2D eigenvalue weighted by molar-refractivity contribution is -0.385. The molecule has 1 heterocycles. The number of amides is 2. The summed E-state index contributed by atoms with van der Waals surface area (Å²) in [4.78, 5) is 36.7. The van der Waals surface area contributed by atoms with Crippen LogP contribution in [0.15, 0.2) is 36.4 Å². The number of carbonyl (C=O) groups is 2. The molecule has 0 N–H and O–H groups in total. The van der Waals surface area contributed by atoms with Crippen LogP contribution in [0.3, 0.4) is 0 Å². The van der Waals surface area contributed by atoms with Crippen molar-refractivity contribution in [3.05, 3.63) is 63.2 Å². The van der Waals surface area contributed by atoms with Gasteiger partial charge in [0, 0.05) is 12.1 Å². The van der Waals surface area contributed by atoms with E-state index < -0.39 is 16.7 Å². The van der Waals surface area contributed by atoms with Gasteiger partial charge in [-0.05, 0) is 24.6 Å². The second-order valence-electron chi connectivity index (χ2n) is 5.65. The maximum absolute atomic E-state index is 12.4. The number of methoxy groups -OCH3 is 2. The molecule has 0 bridgehead atoms. The Bertz CT molecular complexity index is 874. The van der Waals surface area contributed by atoms with E-state index in [0.717, 1.165) is 4.90 Å². The van der Waals surface area contributed by atoms with Crippen molar-refractivity contribution < 1.29 is 24.0 Å². The third kappa shape index (κ3) is 2.85. The second kappa shape index (κ2) is 6.83. The van der Waals surface area contributed by atoms with E-state index in [1.165, 1.54) is 26.4 Å². The van der Waals surface area contributed by atoms with Gasteiger partial charge in [0.15, 0.2) is 11.5 Å². The van der Waals surface area contributed by atoms with Gasteiger partial charge in [0.05, 0.1) is 36.3 Å². The van der Waals surface area contributed by atoms with Gasteiger partial charge in [0.25, 0.3) is 17.5 Å². The topological polar surface area (TPSA) is 99.0 Å². The Labute approximate surface area is 149 Å². The van der Waals surface area contributed by atoms with Crippen LogP contribution in [-0.4, -0.2) is 42.4 Å². The van der Waals surface area contributed by atoms with Crippen LogP contribution < -0.4 is 9.47 Å². The molecule has 2 aromatic rings. The predicted molar refractivity (Wildman–Crippen MR) is 91.7 cm³/mol. The number of imide groups is 1. The SMILES string of the molecule is COc1cc(CCN2C(=O)c3ccccc3C2=O)c([N+](=O)[O-])cc1OC. The Morgan fingerprint density at radius 2 is 1.54 bits per heavy atom. The van der Waals surface area contributed by atoms with Crippen molar-refractivity contribution in [3.63, 3.8) is 0 Å². The van der Waals surface area contributed by atoms with Crippen LogP contribution in [-0.2, 0) is 6.42 Å². The lowest BCUT2D eigenvalue weighted by Crippen LogP contribution is -2.31. The van der Waals surface area contributed by atoms with E-state index in [0.29, 0.717) is 22.4 Å². The number of nitro groups is 1. The van der Waals surface area contributed by atoms with Crippen molar-refractivity contribution in [2.24, 2.45) is 0 Å². The van der Waals surface area contributed by atoms with Crippen LogP contribution >= 0.6 is 0 Å². The zero-order chi connectivity index (χ0) is 18.8. The van der Waals surface area contributed by atoms with Crippen molar-refractivity contribution >= 4 is 17.5 Å². The number of ether oxygens (including phenoxy) is 2. The van der Waals surface area contributed by atoms with E-state index >= 15 is 0 Å². The van der Waals surface area contributed by atoms with Gasteiger partial charge in [-0.15, -0.1) is 0 Å². The zero-order valence-corrected chi connectivity index (χ0v) is 14.2. The number of benzene rings is 2. The molecule has 1 aliphatic heterocycles. The van der Waals surface area contributed by atoms with Crippen LogP contribution in [0.25, 0.3) is 0 Å². The van der Waals surface area contributed by atoms with E-state index in [1.807, 2.05) is 0 Å². The average molecular weight is 356 g/mol. The first-order chi connectivity index (χ1) is 12.5. The standard InChI is InChI=1S/C18H16N2O6/c1-25-15-9-11(14(20(23)24)10-16(15)26-2)7-8-19-17(21)12-5-3-4-6-13(12)18(19)22/h3-6,9-10H,7-8H2,1-2H3. The molecule has 3 rings (SSSR count). The summed E-state index contributed by atoms with van der Waals surface area (Å²) in [6.07, 6.45) is 0.127. The molecule has 0 aromatic heterocycles. The number of hydrogen-bond donors (Lipinski definition) is 0. The summed E-state index contributed by atoms with van der Waals surface area (Å²) in [5.41, 5.74) is 0.891. The van der Waals surface area contributed by atoms with Crippen LogP contribution in [0.1, 0.15) is 26.3 Å². The number of nitro benzene ring substituents is 1. The predicted octanol–water partition coefficient (Wildman–Crippen LogP) is 2.45. The smallest absolute Gasteiger partial charge is 0.276 e. The van der Waals surface area contributed by atoms with Gasteiger partial charge in [0.1, 0.15) is 0 Å². The van der Waals surface area contributed by atoms with E-state index in [2.05, 4.69) is 0 Å². The van der Waals surface area contributed by atoms with Crippen molar-refractivity contribution in [1.82, 2.24) is 4.90 Å². The summed E-state index contributed by atoms with van der Waals surface area (Å²) < 4.78 is 10.3. The molecule has 0 unspecified atom stereocenters. The van der Waals surface area contributed by atoms with Crippen molar-refractivity contribution in [3.8, 4) is 11.5 Å². The van der Waals surface area contributed by atoms with Gasteiger partial charge < -0.3 is 9.47 Å². The number of nitrogens with zero attached hydrogens (tertiary/aromatic N) is 2. The van der Waals surface area contributed by atoms with Crippen molar-refractivity contribution in [2.75, 3.05) is 20.8 Å². The maximum Gasteiger partial charge on any atom is 0.276 e. The summed E-state index contributed by atoms with van der Waals surface area (Å²) in [6.45, 7) is 0.0304. The molecule has 8 nitrogen and oxygen atoms in total. The third-order valence-electron chi connectivity index (χ3n) is 4.26. The minimum atomic E-state index is -0.528. The van der Waals surface area contributed by atoms with E-state index in [-0.39, 0.29) is 24.4 Å². The summed E-state index contributed by atoms with van der Waals surface area (Å²) in [5, 5.41) is 11.4. The number of hydrogen-bond acceptors (Lipinski definition) is 6. The van der Waals surface area contributed by atoms with Crippen LogP contribution in [0.4, 0.5) is 5.69 Å². The molecule has 1 aliphatic rings. The highest BCUT2D eigenvalue weighted by Gasteiger charge is 2.35. The van der Waals surface area contributed by atoms with Gasteiger partial charge in [-0.3, -0.25) is 24.6 Å². The fourth-order valence-electron chi connectivity index (χ4n) is 2.96. The second-order valence-corrected chi connectivity index (χ2v) is 5.65. The molecule has 0 spiro atoms. The van der Waals surface area contributed by atoms with Crippen LogP contribution in [0.5, 0.6) is 11.5 Å². The fraction of sp³-hybridized carbons (Fsp3) is 0.222. The Hall–Kier alpha value is -3.42. The molecular weight excluding hydrogens is 340 g/mol. The van der Waals surface area contributed by atoms with E-state index in [4.69, 9.17) is 9.47 Å². The van der Waals surface area contributed by atoms with Crippen LogP contribution in [0, 0.1) is 10.1 Å². The number of rotatable bonds is 6. The average Bonchev–Trinajstić information content (AvgIpc) is 2.90. The first-order valence-electron chi connectivity index (χ1n) is 7.82. The van der Waals surface area contributed by atoms with Gasteiger partial charge >= 0.3 is 0 Å². The van der Waals surface area contributed by atoms with E-state index in [1.54, 1.807) is 24.3 Å². The van der Waals surface area contributed by atoms with Gasteiger partial charge in [-0.2, -0.15) is 0 Å². The monoisotopic (exact) mass is 356 g/mol. The fourth-order valence-corrected chi connectivity index (χ4v) is 2.96. The Morgan fingerprint density at radius 3 is 2.04 bits per heavy atom. The normalized spacial score (nSPS) is 12.9. The quantitative estimate of drug-likeness (QED) is 0.448. The number of carbonyl (C=O) groups excluding carboxylic acids is 2. The first-order valence-corrected chi connectivity index (χ1v) is 7.82. The zero-order valence-electron chi connectivity index (χ0n) is 14.2. The maximum atomic E-state index is 12.4.